The first kappa shape index (κ1) is 17.8. The molecule has 0 bridgehead atoms. The first-order chi connectivity index (χ1) is 14.0. The number of benzene rings is 1. The zero-order chi connectivity index (χ0) is 20.1. The highest BCUT2D eigenvalue weighted by molar-refractivity contribution is 5.85. The zero-order valence-electron chi connectivity index (χ0n) is 16.1. The Hall–Kier alpha value is -3.26. The molecule has 0 amide bonds. The van der Waals surface area contributed by atoms with Crippen molar-refractivity contribution in [1.82, 2.24) is 19.7 Å². The van der Waals surface area contributed by atoms with Crippen LogP contribution >= 0.6 is 0 Å². The highest BCUT2D eigenvalue weighted by atomic mass is 19.1. The molecule has 1 N–H and O–H groups in total. The molecule has 8 heteroatoms. The molecule has 3 aromatic heterocycles. The number of hydrogen-bond acceptors (Lipinski definition) is 6. The molecule has 1 fully saturated rings. The van der Waals surface area contributed by atoms with Gasteiger partial charge in [0.2, 0.25) is 5.78 Å². The first-order valence-electron chi connectivity index (χ1n) is 9.56. The van der Waals surface area contributed by atoms with E-state index in [-0.39, 0.29) is 28.6 Å². The number of aromatic nitrogens is 3. The molecule has 7 nitrogen and oxygen atoms in total. The number of hydrogen-bond donors (Lipinski definition) is 1. The lowest BCUT2D eigenvalue weighted by Gasteiger charge is -2.37. The molecule has 0 saturated carbocycles. The van der Waals surface area contributed by atoms with E-state index in [1.165, 1.54) is 12.1 Å². The van der Waals surface area contributed by atoms with Crippen molar-refractivity contribution in [2.45, 2.75) is 25.9 Å². The molecule has 1 aliphatic rings. The fourth-order valence-electron chi connectivity index (χ4n) is 4.02. The second kappa shape index (κ2) is 6.66. The third-order valence-electron chi connectivity index (χ3n) is 5.22. The van der Waals surface area contributed by atoms with E-state index in [1.807, 2.05) is 0 Å². The maximum absolute atomic E-state index is 15.0. The number of fused-ring (bicyclic) bond motifs is 2. The highest BCUT2D eigenvalue weighted by Gasteiger charge is 2.23. The molecular formula is C21H20FN5O2. The third kappa shape index (κ3) is 3.15. The monoisotopic (exact) mass is 393 g/mol. The summed E-state index contributed by atoms with van der Waals surface area (Å²) in [6, 6.07) is 7.08. The van der Waals surface area contributed by atoms with Crippen molar-refractivity contribution in [3.8, 4) is 11.3 Å². The Balaban J connectivity index is 1.60. The number of anilines is 1. The van der Waals surface area contributed by atoms with Crippen molar-refractivity contribution in [2.75, 3.05) is 18.0 Å². The van der Waals surface area contributed by atoms with E-state index < -0.39 is 11.4 Å². The first-order valence-corrected chi connectivity index (χ1v) is 9.56. The Morgan fingerprint density at radius 3 is 2.76 bits per heavy atom. The van der Waals surface area contributed by atoms with Gasteiger partial charge < -0.3 is 14.6 Å². The molecule has 1 aliphatic heterocycles. The molecule has 1 aromatic carbocycles. The maximum atomic E-state index is 15.0. The fourth-order valence-corrected chi connectivity index (χ4v) is 4.02. The molecule has 1 saturated heterocycles. The number of nitrogens with zero attached hydrogens (tertiary/aromatic N) is 4. The van der Waals surface area contributed by atoms with Crippen molar-refractivity contribution in [2.24, 2.45) is 0 Å². The molecule has 4 aromatic rings. The molecule has 2 atom stereocenters. The van der Waals surface area contributed by atoms with Gasteiger partial charge in [0.25, 0.3) is 0 Å². The summed E-state index contributed by atoms with van der Waals surface area (Å²) in [5.74, 6) is 0.0305. The second-order valence-corrected chi connectivity index (χ2v) is 7.61. The quantitative estimate of drug-likeness (QED) is 0.528. The van der Waals surface area contributed by atoms with Gasteiger partial charge in [0, 0.05) is 55.5 Å². The maximum Gasteiger partial charge on any atom is 0.345 e. The van der Waals surface area contributed by atoms with E-state index in [0.29, 0.717) is 17.2 Å². The zero-order valence-corrected chi connectivity index (χ0v) is 16.1. The van der Waals surface area contributed by atoms with Gasteiger partial charge in [-0.1, -0.05) is 0 Å². The minimum Gasteiger partial charge on any atom is -0.422 e. The highest BCUT2D eigenvalue weighted by Crippen LogP contribution is 2.28. The van der Waals surface area contributed by atoms with Crippen LogP contribution in [0.2, 0.25) is 0 Å². The summed E-state index contributed by atoms with van der Waals surface area (Å²) in [6.07, 6.45) is 5.08. The van der Waals surface area contributed by atoms with Gasteiger partial charge >= 0.3 is 5.63 Å². The van der Waals surface area contributed by atoms with Gasteiger partial charge in [-0.2, -0.15) is 0 Å². The summed E-state index contributed by atoms with van der Waals surface area (Å²) >= 11 is 0. The SMILES string of the molecule is CC1CN(c2cc(F)c3cc(-c4cn5cccnc5n4)c(=O)oc3c2)CC(C)N1. The van der Waals surface area contributed by atoms with Gasteiger partial charge in [0.1, 0.15) is 11.4 Å². The Labute approximate surface area is 165 Å². The minimum absolute atomic E-state index is 0.207. The summed E-state index contributed by atoms with van der Waals surface area (Å²) in [6.45, 7) is 5.70. The normalized spacial score (nSPS) is 19.9. The predicted molar refractivity (Wildman–Crippen MR) is 109 cm³/mol. The van der Waals surface area contributed by atoms with Gasteiger partial charge in [-0.15, -0.1) is 0 Å². The minimum atomic E-state index is -0.556. The molecule has 4 heterocycles. The van der Waals surface area contributed by atoms with Crippen LogP contribution in [0.1, 0.15) is 13.8 Å². The molecule has 5 rings (SSSR count). The molecule has 148 valence electrons. The predicted octanol–water partition coefficient (Wildman–Crippen LogP) is 2.83. The van der Waals surface area contributed by atoms with Crippen LogP contribution in [0.3, 0.4) is 0 Å². The summed E-state index contributed by atoms with van der Waals surface area (Å²) in [5.41, 5.74) is 0.989. The van der Waals surface area contributed by atoms with E-state index in [4.69, 9.17) is 4.42 Å². The Morgan fingerprint density at radius 1 is 1.21 bits per heavy atom. The van der Waals surface area contributed by atoms with Crippen LogP contribution in [0.5, 0.6) is 0 Å². The Bertz CT molecular complexity index is 1240. The molecule has 2 unspecified atom stereocenters. The Morgan fingerprint density at radius 2 is 2.00 bits per heavy atom. The van der Waals surface area contributed by atoms with Crippen molar-refractivity contribution >= 4 is 22.4 Å². The van der Waals surface area contributed by atoms with Crippen molar-refractivity contribution < 1.29 is 8.81 Å². The lowest BCUT2D eigenvalue weighted by molar-refractivity contribution is 0.406. The molecular weight excluding hydrogens is 373 g/mol. The number of halogens is 1. The fraction of sp³-hybridized carbons (Fsp3) is 0.286. The van der Waals surface area contributed by atoms with Gasteiger partial charge in [-0.05, 0) is 32.0 Å². The average Bonchev–Trinajstić information content (AvgIpc) is 3.10. The van der Waals surface area contributed by atoms with Gasteiger partial charge in [0.05, 0.1) is 16.6 Å². The van der Waals surface area contributed by atoms with Gasteiger partial charge in [-0.3, -0.25) is 4.40 Å². The molecule has 29 heavy (non-hydrogen) atoms. The summed E-state index contributed by atoms with van der Waals surface area (Å²) in [5, 5.41) is 3.71. The molecule has 0 spiro atoms. The summed E-state index contributed by atoms with van der Waals surface area (Å²) in [4.78, 5) is 23.2. The second-order valence-electron chi connectivity index (χ2n) is 7.61. The lowest BCUT2D eigenvalue weighted by atomic mass is 10.1. The van der Waals surface area contributed by atoms with Crippen LogP contribution in [0.15, 0.2) is 52.1 Å². The van der Waals surface area contributed by atoms with E-state index in [1.54, 1.807) is 35.1 Å². The van der Waals surface area contributed by atoms with Crippen LogP contribution in [0.25, 0.3) is 28.0 Å². The van der Waals surface area contributed by atoms with Crippen molar-refractivity contribution in [1.29, 1.82) is 0 Å². The van der Waals surface area contributed by atoms with Gasteiger partial charge in [0.15, 0.2) is 0 Å². The number of piperazine rings is 1. The van der Waals surface area contributed by atoms with E-state index in [9.17, 15) is 9.18 Å². The number of rotatable bonds is 2. The number of imidazole rings is 1. The van der Waals surface area contributed by atoms with Crippen LogP contribution in [-0.4, -0.2) is 39.5 Å². The van der Waals surface area contributed by atoms with Gasteiger partial charge in [-0.25, -0.2) is 19.2 Å². The van der Waals surface area contributed by atoms with Crippen LogP contribution in [-0.2, 0) is 0 Å². The van der Waals surface area contributed by atoms with Crippen molar-refractivity contribution in [3.05, 3.63) is 59.1 Å². The average molecular weight is 393 g/mol. The largest absolute Gasteiger partial charge is 0.422 e. The smallest absolute Gasteiger partial charge is 0.345 e. The lowest BCUT2D eigenvalue weighted by Crippen LogP contribution is -2.54. The standard InChI is InChI=1S/C21H20FN5O2/c1-12-9-27(10-13(2)24-12)14-6-17(22)15-8-16(20(28)29-19(15)7-14)18-11-26-5-3-4-23-21(26)25-18/h3-8,11-13,24H,9-10H2,1-2H3. The van der Waals surface area contributed by atoms with Crippen molar-refractivity contribution in [3.63, 3.8) is 0 Å². The summed E-state index contributed by atoms with van der Waals surface area (Å²) in [7, 11) is 0. The summed E-state index contributed by atoms with van der Waals surface area (Å²) < 4.78 is 22.2. The van der Waals surface area contributed by atoms with E-state index >= 15 is 0 Å². The van der Waals surface area contributed by atoms with E-state index in [2.05, 4.69) is 34.0 Å². The number of nitrogens with one attached hydrogen (secondary N) is 1. The molecule has 0 radical (unpaired) electrons. The van der Waals surface area contributed by atoms with Crippen LogP contribution in [0, 0.1) is 5.82 Å². The topological polar surface area (TPSA) is 75.7 Å². The van der Waals surface area contributed by atoms with Crippen LogP contribution < -0.4 is 15.8 Å². The third-order valence-corrected chi connectivity index (χ3v) is 5.22. The van der Waals surface area contributed by atoms with Crippen LogP contribution in [0.4, 0.5) is 10.1 Å². The molecule has 0 aliphatic carbocycles. The Kier molecular flexibility index (Phi) is 4.09. The van der Waals surface area contributed by atoms with E-state index in [0.717, 1.165) is 13.1 Å².